The molecule has 1 saturated heterocycles. The molecule has 0 amide bonds. The number of nitrogens with one attached hydrogen (secondary N) is 2. The molecule has 7 heteroatoms. The van der Waals surface area contributed by atoms with Gasteiger partial charge in [0.2, 0.25) is 6.79 Å². The summed E-state index contributed by atoms with van der Waals surface area (Å²) in [5.41, 5.74) is 4.23. The lowest BCUT2D eigenvalue weighted by Gasteiger charge is -2.27. The van der Waals surface area contributed by atoms with Crippen LogP contribution in [-0.2, 0) is 19.5 Å². The lowest BCUT2D eigenvalue weighted by Crippen LogP contribution is -2.36. The van der Waals surface area contributed by atoms with E-state index < -0.39 is 0 Å². The summed E-state index contributed by atoms with van der Waals surface area (Å²) in [6.45, 7) is 5.37. The molecule has 0 bridgehead atoms. The maximum Gasteiger partial charge on any atom is 0.255 e. The van der Waals surface area contributed by atoms with Crippen molar-refractivity contribution < 1.29 is 9.47 Å². The predicted octanol–water partition coefficient (Wildman–Crippen LogP) is 4.03. The molecule has 2 aromatic heterocycles. The number of rotatable bonds is 8. The molecule has 182 valence electrons. The van der Waals surface area contributed by atoms with Gasteiger partial charge in [0.15, 0.2) is 11.5 Å². The highest BCUT2D eigenvalue weighted by atomic mass is 16.7. The Morgan fingerprint density at radius 2 is 1.77 bits per heavy atom. The molecule has 0 aliphatic carbocycles. The average Bonchev–Trinajstić information content (AvgIpc) is 3.52. The third-order valence-corrected chi connectivity index (χ3v) is 7.31. The number of nitrogens with zero attached hydrogens (tertiary/aromatic N) is 2. The largest absolute Gasteiger partial charge is 0.454 e. The number of ether oxygens (including phenoxy) is 2. The van der Waals surface area contributed by atoms with Gasteiger partial charge in [-0.05, 0) is 62.7 Å². The van der Waals surface area contributed by atoms with E-state index in [-0.39, 0.29) is 12.4 Å². The summed E-state index contributed by atoms with van der Waals surface area (Å²) in [5, 5.41) is 5.78. The van der Waals surface area contributed by atoms with Crippen molar-refractivity contribution in [2.75, 3.05) is 33.0 Å². The fraction of sp³-hybridized carbons (Fsp3) is 0.393. The van der Waals surface area contributed by atoms with Gasteiger partial charge < -0.3 is 29.2 Å². The number of H-pyrrole nitrogens is 1. The maximum atomic E-state index is 13.6. The summed E-state index contributed by atoms with van der Waals surface area (Å²) in [6, 6.07) is 14.3. The zero-order valence-electron chi connectivity index (χ0n) is 20.0. The number of hydrogen-bond acceptors (Lipinski definition) is 5. The van der Waals surface area contributed by atoms with Crippen LogP contribution in [0.25, 0.3) is 21.8 Å². The molecule has 6 rings (SSSR count). The zero-order chi connectivity index (χ0) is 23.6. The van der Waals surface area contributed by atoms with Crippen LogP contribution in [0.1, 0.15) is 30.4 Å². The number of fused-ring (bicyclic) bond motifs is 3. The number of aromatic nitrogens is 2. The van der Waals surface area contributed by atoms with Crippen LogP contribution < -0.4 is 20.3 Å². The van der Waals surface area contributed by atoms with E-state index in [9.17, 15) is 4.79 Å². The van der Waals surface area contributed by atoms with Crippen molar-refractivity contribution in [3.8, 4) is 11.5 Å². The number of likely N-dealkylation sites (tertiary alicyclic amines) is 1. The van der Waals surface area contributed by atoms with Crippen molar-refractivity contribution >= 4 is 21.8 Å². The molecular weight excluding hydrogens is 440 g/mol. The summed E-state index contributed by atoms with van der Waals surface area (Å²) >= 11 is 0. The first-order valence-electron chi connectivity index (χ1n) is 12.7. The van der Waals surface area contributed by atoms with Gasteiger partial charge in [0, 0.05) is 53.8 Å². The number of pyridine rings is 1. The highest BCUT2D eigenvalue weighted by molar-refractivity contribution is 5.84. The molecule has 2 aromatic carbocycles. The van der Waals surface area contributed by atoms with Crippen LogP contribution in [0.3, 0.4) is 0 Å². The van der Waals surface area contributed by atoms with E-state index in [0.29, 0.717) is 18.8 Å². The Hall–Kier alpha value is -3.29. The van der Waals surface area contributed by atoms with E-state index in [1.54, 1.807) is 0 Å². The molecule has 0 atom stereocenters. The topological polar surface area (TPSA) is 71.5 Å². The predicted molar refractivity (Wildman–Crippen MR) is 138 cm³/mol. The van der Waals surface area contributed by atoms with E-state index in [1.807, 2.05) is 28.8 Å². The summed E-state index contributed by atoms with van der Waals surface area (Å²) in [6.07, 6.45) is 6.78. The van der Waals surface area contributed by atoms with Gasteiger partial charge in [0.25, 0.3) is 5.56 Å². The summed E-state index contributed by atoms with van der Waals surface area (Å²) in [7, 11) is 0. The standard InChI is InChI=1S/C28H32N4O3/c33-28-22(17-29-9-8-20-18-30-24-7-3-2-6-23(20)24)14-21-15-26-27(35-19-34-26)16-25(21)32(28)13-12-31-10-4-1-5-11-31/h2-3,6-7,14-16,18,29-30H,1,4-5,8-13,17,19H2. The molecule has 4 aromatic rings. The smallest absolute Gasteiger partial charge is 0.255 e. The third-order valence-electron chi connectivity index (χ3n) is 7.31. The minimum absolute atomic E-state index is 0.0768. The highest BCUT2D eigenvalue weighted by Gasteiger charge is 2.19. The monoisotopic (exact) mass is 472 g/mol. The SMILES string of the molecule is O=c1c(CNCCc2c[nH]c3ccccc23)cc2cc3c(cc2n1CCN1CCCCC1)OCO3. The van der Waals surface area contributed by atoms with Crippen LogP contribution in [0.15, 0.2) is 53.5 Å². The summed E-state index contributed by atoms with van der Waals surface area (Å²) in [4.78, 5) is 19.4. The Labute approximate surface area is 204 Å². The van der Waals surface area contributed by atoms with Gasteiger partial charge in [-0.2, -0.15) is 0 Å². The quantitative estimate of drug-likeness (QED) is 0.379. The Kier molecular flexibility index (Phi) is 6.19. The average molecular weight is 473 g/mol. The van der Waals surface area contributed by atoms with Gasteiger partial charge in [0.05, 0.1) is 5.52 Å². The second-order valence-electron chi connectivity index (χ2n) is 9.58. The lowest BCUT2D eigenvalue weighted by atomic mass is 10.1. The van der Waals surface area contributed by atoms with Crippen LogP contribution >= 0.6 is 0 Å². The van der Waals surface area contributed by atoms with Gasteiger partial charge in [-0.3, -0.25) is 4.79 Å². The number of piperidine rings is 1. The highest BCUT2D eigenvalue weighted by Crippen LogP contribution is 2.36. The molecule has 4 heterocycles. The number of benzene rings is 2. The molecule has 2 aliphatic rings. The number of para-hydroxylation sites is 1. The molecule has 0 radical (unpaired) electrons. The molecule has 0 saturated carbocycles. The first-order valence-corrected chi connectivity index (χ1v) is 12.7. The van der Waals surface area contributed by atoms with E-state index in [1.165, 1.54) is 30.2 Å². The minimum Gasteiger partial charge on any atom is -0.454 e. The zero-order valence-corrected chi connectivity index (χ0v) is 20.0. The molecule has 2 aliphatic heterocycles. The van der Waals surface area contributed by atoms with Crippen molar-refractivity contribution in [2.24, 2.45) is 0 Å². The minimum atomic E-state index is 0.0768. The summed E-state index contributed by atoms with van der Waals surface area (Å²) in [5.74, 6) is 1.46. The van der Waals surface area contributed by atoms with Gasteiger partial charge in [-0.15, -0.1) is 0 Å². The molecule has 7 nitrogen and oxygen atoms in total. The Bertz CT molecular complexity index is 1400. The summed E-state index contributed by atoms with van der Waals surface area (Å²) < 4.78 is 13.2. The molecule has 0 spiro atoms. The van der Waals surface area contributed by atoms with Crippen molar-refractivity contribution in [3.63, 3.8) is 0 Å². The van der Waals surface area contributed by atoms with Crippen molar-refractivity contribution in [2.45, 2.75) is 38.8 Å². The molecule has 35 heavy (non-hydrogen) atoms. The van der Waals surface area contributed by atoms with Crippen LogP contribution in [0.4, 0.5) is 0 Å². The van der Waals surface area contributed by atoms with Crippen molar-refractivity contribution in [1.82, 2.24) is 19.8 Å². The molecule has 0 unspecified atom stereocenters. The van der Waals surface area contributed by atoms with E-state index in [4.69, 9.17) is 9.47 Å². The first-order chi connectivity index (χ1) is 17.3. The Balaban J connectivity index is 1.22. The Morgan fingerprint density at radius 1 is 0.943 bits per heavy atom. The normalized spacial score (nSPS) is 15.9. The van der Waals surface area contributed by atoms with Crippen LogP contribution in [0.2, 0.25) is 0 Å². The van der Waals surface area contributed by atoms with Gasteiger partial charge in [-0.1, -0.05) is 24.6 Å². The van der Waals surface area contributed by atoms with Gasteiger partial charge >= 0.3 is 0 Å². The van der Waals surface area contributed by atoms with E-state index in [2.05, 4.69) is 39.6 Å². The first kappa shape index (κ1) is 22.2. The van der Waals surface area contributed by atoms with Crippen molar-refractivity contribution in [1.29, 1.82) is 0 Å². The maximum absolute atomic E-state index is 13.6. The molecular formula is C28H32N4O3. The number of hydrogen-bond donors (Lipinski definition) is 2. The van der Waals surface area contributed by atoms with Crippen LogP contribution in [0.5, 0.6) is 11.5 Å². The second kappa shape index (κ2) is 9.76. The fourth-order valence-corrected chi connectivity index (χ4v) is 5.39. The van der Waals surface area contributed by atoms with Crippen LogP contribution in [0, 0.1) is 0 Å². The fourth-order valence-electron chi connectivity index (χ4n) is 5.39. The lowest BCUT2D eigenvalue weighted by molar-refractivity contribution is 0.174. The van der Waals surface area contributed by atoms with Gasteiger partial charge in [0.1, 0.15) is 0 Å². The van der Waals surface area contributed by atoms with Crippen LogP contribution in [-0.4, -0.2) is 47.4 Å². The molecule has 2 N–H and O–H groups in total. The Morgan fingerprint density at radius 3 is 2.66 bits per heavy atom. The second-order valence-corrected chi connectivity index (χ2v) is 9.58. The van der Waals surface area contributed by atoms with E-state index in [0.717, 1.165) is 60.3 Å². The van der Waals surface area contributed by atoms with E-state index >= 15 is 0 Å². The molecule has 1 fully saturated rings. The van der Waals surface area contributed by atoms with Gasteiger partial charge in [-0.25, -0.2) is 0 Å². The third kappa shape index (κ3) is 4.54. The van der Waals surface area contributed by atoms with Crippen molar-refractivity contribution in [3.05, 3.63) is 70.1 Å². The number of aromatic amines is 1.